The van der Waals surface area contributed by atoms with E-state index in [4.69, 9.17) is 4.74 Å². The van der Waals surface area contributed by atoms with Crippen LogP contribution in [0.4, 0.5) is 4.39 Å². The van der Waals surface area contributed by atoms with E-state index in [0.29, 0.717) is 10.9 Å². The third-order valence-electron chi connectivity index (χ3n) is 3.83. The Bertz CT molecular complexity index is 775. The Balaban J connectivity index is 2.12. The number of ether oxygens (including phenoxy) is 1. The molecule has 0 aliphatic rings. The Morgan fingerprint density at radius 3 is 2.38 bits per heavy atom. The minimum atomic E-state index is -0.181. The van der Waals surface area contributed by atoms with Crippen LogP contribution in [0.15, 0.2) is 54.6 Å². The van der Waals surface area contributed by atoms with Crippen molar-refractivity contribution in [3.05, 3.63) is 66.0 Å². The molecule has 0 spiro atoms. The lowest BCUT2D eigenvalue weighted by Crippen LogP contribution is -1.89. The van der Waals surface area contributed by atoms with Gasteiger partial charge >= 0.3 is 0 Å². The summed E-state index contributed by atoms with van der Waals surface area (Å²) in [6, 6.07) is 17.2. The fourth-order valence-corrected chi connectivity index (χ4v) is 2.54. The van der Waals surface area contributed by atoms with Crippen molar-refractivity contribution in [3.63, 3.8) is 0 Å². The van der Waals surface area contributed by atoms with Crippen LogP contribution in [0.5, 0.6) is 5.75 Å². The molecule has 1 nitrogen and oxygen atoms in total. The van der Waals surface area contributed by atoms with Crippen LogP contribution in [-0.2, 0) is 6.42 Å². The smallest absolute Gasteiger partial charge is 0.138 e. The first-order valence-corrected chi connectivity index (χ1v) is 7.08. The van der Waals surface area contributed by atoms with E-state index in [9.17, 15) is 4.39 Å². The molecular weight excluding hydrogens is 263 g/mol. The van der Waals surface area contributed by atoms with E-state index < -0.39 is 0 Å². The van der Waals surface area contributed by atoms with Crippen LogP contribution >= 0.6 is 0 Å². The molecule has 3 aromatic carbocycles. The number of aryl methyl sites for hydroxylation is 1. The van der Waals surface area contributed by atoms with Gasteiger partial charge in [0.15, 0.2) is 0 Å². The predicted molar refractivity (Wildman–Crippen MR) is 85.3 cm³/mol. The zero-order chi connectivity index (χ0) is 14.8. The van der Waals surface area contributed by atoms with E-state index in [1.165, 1.54) is 5.56 Å². The molecule has 0 radical (unpaired) electrons. The molecule has 0 aliphatic heterocycles. The van der Waals surface area contributed by atoms with Crippen molar-refractivity contribution in [2.24, 2.45) is 0 Å². The maximum atomic E-state index is 14.7. The first-order chi connectivity index (χ1) is 10.2. The molecule has 0 heterocycles. The number of halogens is 1. The summed E-state index contributed by atoms with van der Waals surface area (Å²) in [4.78, 5) is 0. The predicted octanol–water partition coefficient (Wildman–Crippen LogP) is 5.22. The van der Waals surface area contributed by atoms with Gasteiger partial charge in [-0.05, 0) is 41.1 Å². The van der Waals surface area contributed by atoms with E-state index in [1.54, 1.807) is 19.2 Å². The SMILES string of the molecule is CCc1ccc(-c2ccc3cc(OC)ccc3c2F)cc1. The highest BCUT2D eigenvalue weighted by Crippen LogP contribution is 2.31. The molecule has 0 saturated carbocycles. The lowest BCUT2D eigenvalue weighted by atomic mass is 9.99. The maximum Gasteiger partial charge on any atom is 0.138 e. The summed E-state index contributed by atoms with van der Waals surface area (Å²) in [6.07, 6.45) is 0.986. The third-order valence-corrected chi connectivity index (χ3v) is 3.83. The quantitative estimate of drug-likeness (QED) is 0.639. The highest BCUT2D eigenvalue weighted by molar-refractivity contribution is 5.89. The number of hydrogen-bond donors (Lipinski definition) is 0. The number of fused-ring (bicyclic) bond motifs is 1. The normalized spacial score (nSPS) is 10.8. The molecule has 2 heteroatoms. The molecule has 21 heavy (non-hydrogen) atoms. The highest BCUT2D eigenvalue weighted by atomic mass is 19.1. The molecular formula is C19H17FO. The van der Waals surface area contributed by atoms with Gasteiger partial charge < -0.3 is 4.74 Å². The summed E-state index contributed by atoms with van der Waals surface area (Å²) in [5, 5.41) is 1.47. The molecule has 0 aromatic heterocycles. The minimum Gasteiger partial charge on any atom is -0.497 e. The fraction of sp³-hybridized carbons (Fsp3) is 0.158. The summed E-state index contributed by atoms with van der Waals surface area (Å²) in [5.41, 5.74) is 2.79. The first-order valence-electron chi connectivity index (χ1n) is 7.08. The molecule has 0 aliphatic carbocycles. The zero-order valence-corrected chi connectivity index (χ0v) is 12.2. The van der Waals surface area contributed by atoms with Gasteiger partial charge in [0.2, 0.25) is 0 Å². The number of rotatable bonds is 3. The molecule has 3 rings (SSSR count). The average molecular weight is 280 g/mol. The Morgan fingerprint density at radius 2 is 1.71 bits per heavy atom. The summed E-state index contributed by atoms with van der Waals surface area (Å²) < 4.78 is 19.9. The van der Waals surface area contributed by atoms with Crippen LogP contribution in [0.2, 0.25) is 0 Å². The van der Waals surface area contributed by atoms with Crippen LogP contribution in [-0.4, -0.2) is 7.11 Å². The number of methoxy groups -OCH3 is 1. The van der Waals surface area contributed by atoms with Crippen molar-refractivity contribution in [1.29, 1.82) is 0 Å². The van der Waals surface area contributed by atoms with Gasteiger partial charge in [-0.3, -0.25) is 0 Å². The van der Waals surface area contributed by atoms with Crippen LogP contribution in [0, 0.1) is 5.82 Å². The van der Waals surface area contributed by atoms with Crippen LogP contribution in [0.1, 0.15) is 12.5 Å². The molecule has 0 unspecified atom stereocenters. The molecule has 0 saturated heterocycles. The van der Waals surface area contributed by atoms with E-state index in [-0.39, 0.29) is 5.82 Å². The Labute approximate surface area is 124 Å². The Hall–Kier alpha value is -2.35. The van der Waals surface area contributed by atoms with Crippen molar-refractivity contribution >= 4 is 10.8 Å². The van der Waals surface area contributed by atoms with Crippen molar-refractivity contribution in [3.8, 4) is 16.9 Å². The molecule has 0 bridgehead atoms. The number of hydrogen-bond acceptors (Lipinski definition) is 1. The van der Waals surface area contributed by atoms with Gasteiger partial charge in [0.05, 0.1) is 7.11 Å². The van der Waals surface area contributed by atoms with Crippen molar-refractivity contribution < 1.29 is 9.13 Å². The third kappa shape index (κ3) is 2.49. The second-order valence-corrected chi connectivity index (χ2v) is 5.06. The molecule has 0 amide bonds. The van der Waals surface area contributed by atoms with E-state index in [0.717, 1.165) is 23.1 Å². The summed E-state index contributed by atoms with van der Waals surface area (Å²) in [6.45, 7) is 2.11. The van der Waals surface area contributed by atoms with Gasteiger partial charge in [-0.15, -0.1) is 0 Å². The summed E-state index contributed by atoms with van der Waals surface area (Å²) in [5.74, 6) is 0.557. The van der Waals surface area contributed by atoms with E-state index in [2.05, 4.69) is 6.92 Å². The van der Waals surface area contributed by atoms with Crippen LogP contribution < -0.4 is 4.74 Å². The maximum absolute atomic E-state index is 14.7. The fourth-order valence-electron chi connectivity index (χ4n) is 2.54. The lowest BCUT2D eigenvalue weighted by Gasteiger charge is -2.09. The van der Waals surface area contributed by atoms with Gasteiger partial charge in [-0.1, -0.05) is 43.3 Å². The van der Waals surface area contributed by atoms with Gasteiger partial charge in [0.1, 0.15) is 11.6 Å². The summed E-state index contributed by atoms with van der Waals surface area (Å²) >= 11 is 0. The monoisotopic (exact) mass is 280 g/mol. The second kappa shape index (κ2) is 5.57. The van der Waals surface area contributed by atoms with Gasteiger partial charge in [0, 0.05) is 10.9 Å². The van der Waals surface area contributed by atoms with Gasteiger partial charge in [-0.2, -0.15) is 0 Å². The Kier molecular flexibility index (Phi) is 3.61. The Morgan fingerprint density at radius 1 is 0.952 bits per heavy atom. The number of benzene rings is 3. The standard InChI is InChI=1S/C19H17FO/c1-3-13-4-6-14(7-5-13)17-10-8-15-12-16(21-2)9-11-18(15)19(17)20/h4-12H,3H2,1-2H3. The summed E-state index contributed by atoms with van der Waals surface area (Å²) in [7, 11) is 1.61. The zero-order valence-electron chi connectivity index (χ0n) is 12.2. The van der Waals surface area contributed by atoms with Crippen LogP contribution in [0.3, 0.4) is 0 Å². The molecule has 0 fully saturated rings. The topological polar surface area (TPSA) is 9.23 Å². The van der Waals surface area contributed by atoms with E-state index >= 15 is 0 Å². The molecule has 3 aromatic rings. The second-order valence-electron chi connectivity index (χ2n) is 5.06. The molecule has 106 valence electrons. The van der Waals surface area contributed by atoms with Crippen molar-refractivity contribution in [2.45, 2.75) is 13.3 Å². The highest BCUT2D eigenvalue weighted by Gasteiger charge is 2.10. The van der Waals surface area contributed by atoms with Crippen LogP contribution in [0.25, 0.3) is 21.9 Å². The molecule has 0 N–H and O–H groups in total. The van der Waals surface area contributed by atoms with Crippen molar-refractivity contribution in [1.82, 2.24) is 0 Å². The lowest BCUT2D eigenvalue weighted by molar-refractivity contribution is 0.415. The van der Waals surface area contributed by atoms with Gasteiger partial charge in [-0.25, -0.2) is 4.39 Å². The largest absolute Gasteiger partial charge is 0.497 e. The minimum absolute atomic E-state index is 0.181. The van der Waals surface area contributed by atoms with Gasteiger partial charge in [0.25, 0.3) is 0 Å². The molecule has 0 atom stereocenters. The first kappa shape index (κ1) is 13.6. The van der Waals surface area contributed by atoms with Crippen molar-refractivity contribution in [2.75, 3.05) is 7.11 Å². The van der Waals surface area contributed by atoms with E-state index in [1.807, 2.05) is 42.5 Å². The average Bonchev–Trinajstić information content (AvgIpc) is 2.55.